The largest absolute Gasteiger partial charge is 0.348 e. The van der Waals surface area contributed by atoms with Crippen LogP contribution in [0.3, 0.4) is 0 Å². The van der Waals surface area contributed by atoms with Gasteiger partial charge in [-0.2, -0.15) is 4.31 Å². The maximum Gasteiger partial charge on any atom is 0.245 e. The van der Waals surface area contributed by atoms with Gasteiger partial charge in [-0.25, -0.2) is 8.42 Å². The Morgan fingerprint density at radius 2 is 1.96 bits per heavy atom. The van der Waals surface area contributed by atoms with Crippen LogP contribution in [0.15, 0.2) is 35.4 Å². The molecule has 1 saturated heterocycles. The number of carbonyl (C=O) groups is 1. The number of aryl methyl sites for hydroxylation is 1. The molecule has 1 fully saturated rings. The van der Waals surface area contributed by atoms with Gasteiger partial charge in [0.05, 0.1) is 12.1 Å². The molecule has 0 radical (unpaired) electrons. The van der Waals surface area contributed by atoms with Crippen LogP contribution in [0.1, 0.15) is 12.0 Å². The zero-order valence-corrected chi connectivity index (χ0v) is 16.9. The molecular formula is C19H26N4O3S. The molecule has 1 aliphatic rings. The van der Waals surface area contributed by atoms with E-state index >= 15 is 0 Å². The second-order valence-corrected chi connectivity index (χ2v) is 9.07. The predicted octanol–water partition coefficient (Wildman–Crippen LogP) is 1.33. The number of benzene rings is 1. The van der Waals surface area contributed by atoms with Gasteiger partial charge in [-0.05, 0) is 37.6 Å². The van der Waals surface area contributed by atoms with Gasteiger partial charge >= 0.3 is 0 Å². The van der Waals surface area contributed by atoms with E-state index < -0.39 is 10.0 Å². The molecule has 146 valence electrons. The molecule has 1 amide bonds. The number of rotatable bonds is 4. The van der Waals surface area contributed by atoms with Crippen molar-refractivity contribution in [2.75, 3.05) is 46.8 Å². The first-order chi connectivity index (χ1) is 12.8. The topological polar surface area (TPSA) is 73.8 Å². The van der Waals surface area contributed by atoms with Crippen molar-refractivity contribution < 1.29 is 13.2 Å². The molecule has 8 heteroatoms. The number of nitrogens with zero attached hydrogens (tertiary/aromatic N) is 4. The van der Waals surface area contributed by atoms with Crippen LogP contribution in [0.2, 0.25) is 0 Å². The smallest absolute Gasteiger partial charge is 0.245 e. The van der Waals surface area contributed by atoms with E-state index in [2.05, 4.69) is 4.98 Å². The Hall–Kier alpha value is -2.03. The van der Waals surface area contributed by atoms with Crippen LogP contribution in [0.5, 0.6) is 0 Å². The summed E-state index contributed by atoms with van der Waals surface area (Å²) in [6, 6.07) is 7.21. The van der Waals surface area contributed by atoms with E-state index in [1.165, 1.54) is 4.31 Å². The van der Waals surface area contributed by atoms with Crippen molar-refractivity contribution >= 4 is 26.8 Å². The van der Waals surface area contributed by atoms with Gasteiger partial charge in [-0.1, -0.05) is 12.1 Å². The highest BCUT2D eigenvalue weighted by Gasteiger charge is 2.29. The van der Waals surface area contributed by atoms with E-state index in [1.807, 2.05) is 24.0 Å². The van der Waals surface area contributed by atoms with E-state index in [-0.39, 0.29) is 10.8 Å². The normalized spacial score (nSPS) is 17.0. The summed E-state index contributed by atoms with van der Waals surface area (Å²) in [7, 11) is -0.188. The Morgan fingerprint density at radius 1 is 1.19 bits per heavy atom. The summed E-state index contributed by atoms with van der Waals surface area (Å²) in [5.74, 6) is 0.0277. The lowest BCUT2D eigenvalue weighted by Gasteiger charge is -2.22. The van der Waals surface area contributed by atoms with E-state index in [0.29, 0.717) is 44.7 Å². The molecule has 1 aliphatic heterocycles. The van der Waals surface area contributed by atoms with Gasteiger partial charge in [-0.3, -0.25) is 14.7 Å². The van der Waals surface area contributed by atoms with Gasteiger partial charge in [0.15, 0.2) is 0 Å². The molecule has 0 bridgehead atoms. The lowest BCUT2D eigenvalue weighted by Crippen LogP contribution is -2.39. The summed E-state index contributed by atoms with van der Waals surface area (Å²) in [6.45, 7) is 4.30. The van der Waals surface area contributed by atoms with Crippen LogP contribution in [-0.2, 0) is 14.8 Å². The van der Waals surface area contributed by atoms with E-state index in [4.69, 9.17) is 0 Å². The van der Waals surface area contributed by atoms with Crippen LogP contribution >= 0.6 is 0 Å². The first kappa shape index (κ1) is 19.7. The van der Waals surface area contributed by atoms with Crippen molar-refractivity contribution in [3.05, 3.63) is 36.0 Å². The first-order valence-corrected chi connectivity index (χ1v) is 10.5. The van der Waals surface area contributed by atoms with Gasteiger partial charge in [0.25, 0.3) is 0 Å². The van der Waals surface area contributed by atoms with Crippen LogP contribution in [0.25, 0.3) is 10.9 Å². The number of pyridine rings is 1. The number of carbonyl (C=O) groups excluding carboxylic acids is 1. The van der Waals surface area contributed by atoms with E-state index in [9.17, 15) is 13.2 Å². The summed E-state index contributed by atoms with van der Waals surface area (Å²) in [5.41, 5.74) is 1.50. The van der Waals surface area contributed by atoms with Gasteiger partial charge in [0.1, 0.15) is 4.90 Å². The van der Waals surface area contributed by atoms with Crippen molar-refractivity contribution in [3.8, 4) is 0 Å². The third kappa shape index (κ3) is 4.28. The highest BCUT2D eigenvalue weighted by molar-refractivity contribution is 7.89. The second-order valence-electron chi connectivity index (χ2n) is 7.16. The van der Waals surface area contributed by atoms with E-state index in [0.717, 1.165) is 10.9 Å². The maximum atomic E-state index is 13.3. The quantitative estimate of drug-likeness (QED) is 0.787. The molecule has 0 spiro atoms. The molecule has 3 rings (SSSR count). The fraction of sp³-hybridized carbons (Fsp3) is 0.474. The van der Waals surface area contributed by atoms with Crippen LogP contribution in [-0.4, -0.2) is 80.2 Å². The molecule has 7 nitrogen and oxygen atoms in total. The highest BCUT2D eigenvalue weighted by Crippen LogP contribution is 2.25. The predicted molar refractivity (Wildman–Crippen MR) is 105 cm³/mol. The number of likely N-dealkylation sites (N-methyl/N-ethyl adjacent to an activating group) is 1. The minimum absolute atomic E-state index is 0.0277. The minimum Gasteiger partial charge on any atom is -0.348 e. The third-order valence-corrected chi connectivity index (χ3v) is 6.76. The molecule has 27 heavy (non-hydrogen) atoms. The number of fused-ring (bicyclic) bond motifs is 1. The maximum absolute atomic E-state index is 13.3. The molecule has 0 aliphatic carbocycles. The number of aromatic nitrogens is 1. The number of para-hydroxylation sites is 1. The zero-order valence-electron chi connectivity index (χ0n) is 16.1. The minimum atomic E-state index is -3.64. The summed E-state index contributed by atoms with van der Waals surface area (Å²) in [6.07, 6.45) is 2.38. The Kier molecular flexibility index (Phi) is 5.78. The van der Waals surface area contributed by atoms with Gasteiger partial charge in [-0.15, -0.1) is 0 Å². The van der Waals surface area contributed by atoms with Gasteiger partial charge in [0.2, 0.25) is 15.9 Å². The number of amides is 1. The molecular weight excluding hydrogens is 364 g/mol. The first-order valence-electron chi connectivity index (χ1n) is 9.07. The Bertz CT molecular complexity index is 943. The second kappa shape index (κ2) is 7.92. The highest BCUT2D eigenvalue weighted by atomic mass is 32.2. The Morgan fingerprint density at radius 3 is 2.70 bits per heavy atom. The Labute approximate surface area is 160 Å². The van der Waals surface area contributed by atoms with Crippen LogP contribution < -0.4 is 0 Å². The molecule has 2 aromatic rings. The molecule has 2 heterocycles. The zero-order chi connectivity index (χ0) is 19.6. The summed E-state index contributed by atoms with van der Waals surface area (Å²) >= 11 is 0. The van der Waals surface area contributed by atoms with Gasteiger partial charge in [0, 0.05) is 45.3 Å². The molecule has 0 N–H and O–H groups in total. The summed E-state index contributed by atoms with van der Waals surface area (Å²) < 4.78 is 28.1. The van der Waals surface area contributed by atoms with E-state index in [1.54, 1.807) is 37.3 Å². The molecule has 0 unspecified atom stereocenters. The van der Waals surface area contributed by atoms with Crippen molar-refractivity contribution in [3.63, 3.8) is 0 Å². The third-order valence-electron chi connectivity index (χ3n) is 4.83. The SMILES string of the molecule is Cc1cnc2c(S(=O)(=O)N3CCCN(CC(=O)N(C)C)CC3)cccc2c1. The lowest BCUT2D eigenvalue weighted by molar-refractivity contribution is -0.129. The van der Waals surface area contributed by atoms with Crippen LogP contribution in [0, 0.1) is 6.92 Å². The molecule has 0 atom stereocenters. The van der Waals surface area contributed by atoms with Crippen molar-refractivity contribution in [2.45, 2.75) is 18.2 Å². The molecule has 1 aromatic heterocycles. The van der Waals surface area contributed by atoms with Crippen molar-refractivity contribution in [2.24, 2.45) is 0 Å². The van der Waals surface area contributed by atoms with Crippen molar-refractivity contribution in [1.82, 2.24) is 19.1 Å². The standard InChI is InChI=1S/C19H26N4O3S/c1-15-12-16-6-4-7-17(19(16)20-13-15)27(25,26)23-9-5-8-22(10-11-23)14-18(24)21(2)3/h4,6-7,12-13H,5,8-11,14H2,1-3H3. The summed E-state index contributed by atoms with van der Waals surface area (Å²) in [5, 5.41) is 0.823. The Balaban J connectivity index is 1.83. The van der Waals surface area contributed by atoms with Crippen molar-refractivity contribution in [1.29, 1.82) is 0 Å². The molecule has 0 saturated carbocycles. The fourth-order valence-corrected chi connectivity index (χ4v) is 4.90. The number of hydrogen-bond acceptors (Lipinski definition) is 5. The lowest BCUT2D eigenvalue weighted by atomic mass is 10.2. The molecule has 1 aromatic carbocycles. The number of sulfonamides is 1. The average Bonchev–Trinajstić information content (AvgIpc) is 2.86. The summed E-state index contributed by atoms with van der Waals surface area (Å²) in [4.78, 5) is 20.1. The van der Waals surface area contributed by atoms with Gasteiger partial charge < -0.3 is 4.90 Å². The number of hydrogen-bond donors (Lipinski definition) is 0. The van der Waals surface area contributed by atoms with Crippen LogP contribution in [0.4, 0.5) is 0 Å². The average molecular weight is 391 g/mol. The monoisotopic (exact) mass is 390 g/mol. The fourth-order valence-electron chi connectivity index (χ4n) is 3.27.